The van der Waals surface area contributed by atoms with Gasteiger partial charge in [-0.25, -0.2) is 4.79 Å². The highest BCUT2D eigenvalue weighted by Gasteiger charge is 2.26. The molecule has 34 heavy (non-hydrogen) atoms. The Bertz CT molecular complexity index is 1090. The minimum absolute atomic E-state index is 0.0731. The average molecular weight is 460 g/mol. The summed E-state index contributed by atoms with van der Waals surface area (Å²) < 4.78 is 5.28. The number of alkyl carbamates (subject to hydrolysis) is 1. The summed E-state index contributed by atoms with van der Waals surface area (Å²) in [6.45, 7) is 2.04. The predicted molar refractivity (Wildman–Crippen MR) is 130 cm³/mol. The zero-order valence-electron chi connectivity index (χ0n) is 19.1. The number of hydrogen-bond acceptors (Lipinski definition) is 4. The Labute approximate surface area is 199 Å². The van der Waals surface area contributed by atoms with Crippen LogP contribution in [0.3, 0.4) is 0 Å². The number of carbonyl (C=O) groups excluding carboxylic acids is 3. The summed E-state index contributed by atoms with van der Waals surface area (Å²) in [4.78, 5) is 37.7. The third-order valence-corrected chi connectivity index (χ3v) is 5.32. The number of primary amides is 1. The fraction of sp³-hybridized carbons (Fsp3) is 0.222. The molecule has 7 heteroatoms. The lowest BCUT2D eigenvalue weighted by Crippen LogP contribution is -2.54. The summed E-state index contributed by atoms with van der Waals surface area (Å²) in [6, 6.07) is 24.3. The first-order valence-electron chi connectivity index (χ1n) is 11.1. The highest BCUT2D eigenvalue weighted by atomic mass is 16.5. The molecule has 0 aliphatic rings. The van der Waals surface area contributed by atoms with E-state index in [0.717, 1.165) is 22.3 Å². The second-order valence-electron chi connectivity index (χ2n) is 8.10. The van der Waals surface area contributed by atoms with Gasteiger partial charge in [0.1, 0.15) is 18.7 Å². The van der Waals surface area contributed by atoms with Gasteiger partial charge in [0, 0.05) is 12.8 Å². The molecule has 4 N–H and O–H groups in total. The molecule has 0 saturated heterocycles. The molecule has 0 spiro atoms. The van der Waals surface area contributed by atoms with E-state index in [9.17, 15) is 14.4 Å². The first-order valence-corrected chi connectivity index (χ1v) is 11.1. The number of ether oxygens (including phenoxy) is 1. The van der Waals surface area contributed by atoms with Gasteiger partial charge in [-0.1, -0.05) is 90.5 Å². The number of carbonyl (C=O) groups is 3. The summed E-state index contributed by atoms with van der Waals surface area (Å²) in [7, 11) is 0. The van der Waals surface area contributed by atoms with E-state index in [1.807, 2.05) is 91.9 Å². The number of hydrogen-bond donors (Lipinski definition) is 3. The molecule has 3 rings (SSSR count). The quantitative estimate of drug-likeness (QED) is 0.433. The van der Waals surface area contributed by atoms with E-state index in [4.69, 9.17) is 10.5 Å². The van der Waals surface area contributed by atoms with Crippen molar-refractivity contribution in [2.45, 2.75) is 38.5 Å². The second kappa shape index (κ2) is 12.2. The van der Waals surface area contributed by atoms with Crippen LogP contribution in [0.2, 0.25) is 0 Å². The third-order valence-electron chi connectivity index (χ3n) is 5.32. The lowest BCUT2D eigenvalue weighted by molar-refractivity contribution is -0.128. The van der Waals surface area contributed by atoms with Crippen LogP contribution in [0.5, 0.6) is 0 Å². The molecule has 0 unspecified atom stereocenters. The van der Waals surface area contributed by atoms with Gasteiger partial charge in [0.05, 0.1) is 0 Å². The van der Waals surface area contributed by atoms with E-state index in [1.165, 1.54) is 0 Å². The zero-order chi connectivity index (χ0) is 24.3. The Kier molecular flexibility index (Phi) is 8.80. The monoisotopic (exact) mass is 459 g/mol. The van der Waals surface area contributed by atoms with Crippen LogP contribution in [0.15, 0.2) is 84.9 Å². The molecule has 3 amide bonds. The smallest absolute Gasteiger partial charge is 0.408 e. The van der Waals surface area contributed by atoms with Gasteiger partial charge in [0.2, 0.25) is 11.8 Å². The highest BCUT2D eigenvalue weighted by molar-refractivity contribution is 5.91. The first kappa shape index (κ1) is 24.5. The lowest BCUT2D eigenvalue weighted by Gasteiger charge is -2.22. The van der Waals surface area contributed by atoms with Crippen LogP contribution in [0.1, 0.15) is 22.3 Å². The van der Waals surface area contributed by atoms with Crippen molar-refractivity contribution in [3.8, 4) is 0 Å². The molecule has 0 bridgehead atoms. The third kappa shape index (κ3) is 7.78. The fourth-order valence-electron chi connectivity index (χ4n) is 3.42. The van der Waals surface area contributed by atoms with Gasteiger partial charge in [-0.2, -0.15) is 0 Å². The van der Waals surface area contributed by atoms with E-state index in [0.29, 0.717) is 0 Å². The molecule has 176 valence electrons. The van der Waals surface area contributed by atoms with Crippen LogP contribution in [-0.4, -0.2) is 30.0 Å². The number of benzene rings is 3. The average Bonchev–Trinajstić information content (AvgIpc) is 2.84. The molecule has 2 atom stereocenters. The molecule has 0 fully saturated rings. The van der Waals surface area contributed by atoms with Crippen LogP contribution < -0.4 is 16.4 Å². The maximum atomic E-state index is 13.1. The lowest BCUT2D eigenvalue weighted by atomic mass is 10.0. The van der Waals surface area contributed by atoms with Gasteiger partial charge < -0.3 is 21.1 Å². The second-order valence-corrected chi connectivity index (χ2v) is 8.10. The van der Waals surface area contributed by atoms with Crippen LogP contribution in [-0.2, 0) is 33.8 Å². The van der Waals surface area contributed by atoms with Gasteiger partial charge in [-0.05, 0) is 23.6 Å². The predicted octanol–water partition coefficient (Wildman–Crippen LogP) is 3.05. The van der Waals surface area contributed by atoms with Gasteiger partial charge >= 0.3 is 6.09 Å². The Morgan fingerprint density at radius 2 is 1.26 bits per heavy atom. The van der Waals surface area contributed by atoms with Crippen molar-refractivity contribution in [3.63, 3.8) is 0 Å². The summed E-state index contributed by atoms with van der Waals surface area (Å²) in [6.07, 6.45) is -0.254. The van der Waals surface area contributed by atoms with Crippen molar-refractivity contribution in [2.24, 2.45) is 5.73 Å². The van der Waals surface area contributed by atoms with Gasteiger partial charge in [-0.3, -0.25) is 9.59 Å². The SMILES string of the molecule is Cc1ccc(C[C@H](NC(=O)[C@H](Cc2ccccc2)NC(=O)OCc2ccccc2)C(N)=O)cc1. The molecule has 3 aromatic carbocycles. The van der Waals surface area contributed by atoms with Crippen molar-refractivity contribution in [1.29, 1.82) is 0 Å². The number of nitrogens with two attached hydrogens (primary N) is 1. The first-order chi connectivity index (χ1) is 16.4. The number of amides is 3. The van der Waals surface area contributed by atoms with Gasteiger partial charge in [0.15, 0.2) is 0 Å². The van der Waals surface area contributed by atoms with Crippen LogP contribution in [0, 0.1) is 6.92 Å². The minimum Gasteiger partial charge on any atom is -0.445 e. The van der Waals surface area contributed by atoms with Crippen molar-refractivity contribution in [3.05, 3.63) is 107 Å². The Morgan fingerprint density at radius 1 is 0.735 bits per heavy atom. The topological polar surface area (TPSA) is 111 Å². The Hall–Kier alpha value is -4.13. The fourth-order valence-corrected chi connectivity index (χ4v) is 3.42. The van der Waals surface area contributed by atoms with E-state index in [1.54, 1.807) is 0 Å². The van der Waals surface area contributed by atoms with Crippen molar-refractivity contribution < 1.29 is 19.1 Å². The Morgan fingerprint density at radius 3 is 1.85 bits per heavy atom. The van der Waals surface area contributed by atoms with Crippen LogP contribution in [0.4, 0.5) is 4.79 Å². The van der Waals surface area contributed by atoms with E-state index in [-0.39, 0.29) is 19.4 Å². The molecule has 0 aliphatic carbocycles. The van der Waals surface area contributed by atoms with Crippen molar-refractivity contribution in [2.75, 3.05) is 0 Å². The molecular weight excluding hydrogens is 430 g/mol. The maximum Gasteiger partial charge on any atom is 0.408 e. The molecule has 0 heterocycles. The van der Waals surface area contributed by atoms with Crippen LogP contribution in [0.25, 0.3) is 0 Å². The van der Waals surface area contributed by atoms with E-state index in [2.05, 4.69) is 10.6 Å². The molecule has 0 aliphatic heterocycles. The number of rotatable bonds is 10. The van der Waals surface area contributed by atoms with Crippen molar-refractivity contribution in [1.82, 2.24) is 10.6 Å². The molecule has 0 aromatic heterocycles. The molecule has 0 radical (unpaired) electrons. The summed E-state index contributed by atoms with van der Waals surface area (Å²) in [5.41, 5.74) is 9.19. The number of nitrogens with one attached hydrogen (secondary N) is 2. The summed E-state index contributed by atoms with van der Waals surface area (Å²) in [5.74, 6) is -1.17. The van der Waals surface area contributed by atoms with Crippen molar-refractivity contribution >= 4 is 17.9 Å². The minimum atomic E-state index is -0.953. The molecule has 0 saturated carbocycles. The highest BCUT2D eigenvalue weighted by Crippen LogP contribution is 2.09. The van der Waals surface area contributed by atoms with E-state index < -0.39 is 30.0 Å². The Balaban J connectivity index is 1.68. The number of aryl methyl sites for hydroxylation is 1. The largest absolute Gasteiger partial charge is 0.445 e. The molecule has 7 nitrogen and oxygen atoms in total. The molecule has 3 aromatic rings. The van der Waals surface area contributed by atoms with Crippen LogP contribution >= 0.6 is 0 Å². The normalized spacial score (nSPS) is 12.3. The molecular formula is C27H29N3O4. The van der Waals surface area contributed by atoms with Gasteiger partial charge in [0.25, 0.3) is 0 Å². The zero-order valence-corrected chi connectivity index (χ0v) is 19.1. The summed E-state index contributed by atoms with van der Waals surface area (Å²) in [5, 5.41) is 5.32. The maximum absolute atomic E-state index is 13.1. The standard InChI is InChI=1S/C27H29N3O4/c1-19-12-14-21(15-13-19)16-23(25(28)31)29-26(32)24(17-20-8-4-2-5-9-20)30-27(33)34-18-22-10-6-3-7-11-22/h2-15,23-24H,16-18H2,1H3,(H2,28,31)(H,29,32)(H,30,33)/t23-,24-/m0/s1. The summed E-state index contributed by atoms with van der Waals surface area (Å²) >= 11 is 0. The van der Waals surface area contributed by atoms with Gasteiger partial charge in [-0.15, -0.1) is 0 Å². The van der Waals surface area contributed by atoms with E-state index >= 15 is 0 Å².